The number of nitrogens with one attached hydrogen (secondary N) is 1. The van der Waals surface area contributed by atoms with E-state index in [0.29, 0.717) is 12.2 Å². The molecule has 0 saturated heterocycles. The van der Waals surface area contributed by atoms with Crippen LogP contribution in [0, 0.1) is 13.8 Å². The minimum absolute atomic E-state index is 0.157. The molecule has 2 aromatic carbocycles. The number of carbonyl (C=O) groups is 1. The molecule has 0 bridgehead atoms. The molecule has 1 aromatic heterocycles. The molecule has 0 atom stereocenters. The lowest BCUT2D eigenvalue weighted by atomic mass is 10.2. The average Bonchev–Trinajstić information content (AvgIpc) is 2.57. The molecule has 1 heterocycles. The predicted octanol–water partition coefficient (Wildman–Crippen LogP) is 3.91. The minimum atomic E-state index is -0.157. The fourth-order valence-electron chi connectivity index (χ4n) is 2.46. The molecule has 2 amide bonds. The Bertz CT molecular complexity index is 877. The molecule has 1 N–H and O–H groups in total. The fraction of sp³-hybridized carbons (Fsp3) is 0.211. The van der Waals surface area contributed by atoms with E-state index in [2.05, 4.69) is 15.3 Å². The van der Waals surface area contributed by atoms with Gasteiger partial charge in [0.05, 0.1) is 22.4 Å². The van der Waals surface area contributed by atoms with Crippen LogP contribution in [-0.2, 0) is 6.54 Å². The smallest absolute Gasteiger partial charge is 0.321 e. The highest BCUT2D eigenvalue weighted by Gasteiger charge is 2.10. The van der Waals surface area contributed by atoms with E-state index in [0.717, 1.165) is 28.0 Å². The molecule has 0 saturated carbocycles. The van der Waals surface area contributed by atoms with E-state index >= 15 is 0 Å². The van der Waals surface area contributed by atoms with Gasteiger partial charge in [-0.3, -0.25) is 0 Å². The molecule has 0 aliphatic carbocycles. The van der Waals surface area contributed by atoms with Gasteiger partial charge >= 0.3 is 6.03 Å². The van der Waals surface area contributed by atoms with Crippen molar-refractivity contribution in [2.45, 2.75) is 20.4 Å². The van der Waals surface area contributed by atoms with E-state index < -0.39 is 0 Å². The maximum Gasteiger partial charge on any atom is 0.321 e. The first-order valence-corrected chi connectivity index (χ1v) is 7.84. The number of aromatic nitrogens is 2. The highest BCUT2D eigenvalue weighted by atomic mass is 16.2. The first-order chi connectivity index (χ1) is 11.5. The summed E-state index contributed by atoms with van der Waals surface area (Å²) in [5, 5.41) is 2.91. The molecule has 0 aliphatic rings. The van der Waals surface area contributed by atoms with Gasteiger partial charge in [-0.1, -0.05) is 30.3 Å². The maximum atomic E-state index is 12.4. The summed E-state index contributed by atoms with van der Waals surface area (Å²) in [6, 6.07) is 15.3. The van der Waals surface area contributed by atoms with Gasteiger partial charge < -0.3 is 10.2 Å². The number of amides is 2. The normalized spacial score (nSPS) is 10.6. The Labute approximate surface area is 141 Å². The van der Waals surface area contributed by atoms with Crippen LogP contribution in [0.3, 0.4) is 0 Å². The van der Waals surface area contributed by atoms with Gasteiger partial charge in [-0.2, -0.15) is 0 Å². The second-order valence-corrected chi connectivity index (χ2v) is 5.87. The summed E-state index contributed by atoms with van der Waals surface area (Å²) in [6.07, 6.45) is 0. The third-order valence-corrected chi connectivity index (χ3v) is 3.94. The zero-order valence-corrected chi connectivity index (χ0v) is 14.1. The van der Waals surface area contributed by atoms with Gasteiger partial charge in [0.25, 0.3) is 0 Å². The summed E-state index contributed by atoms with van der Waals surface area (Å²) >= 11 is 0. The molecule has 122 valence electrons. The van der Waals surface area contributed by atoms with Gasteiger partial charge in [0, 0.05) is 19.3 Å². The number of urea groups is 1. The Hall–Kier alpha value is -2.95. The highest BCUT2D eigenvalue weighted by Crippen LogP contribution is 2.18. The maximum absolute atomic E-state index is 12.4. The quantitative estimate of drug-likeness (QED) is 0.796. The molecule has 5 nitrogen and oxygen atoms in total. The number of anilines is 1. The van der Waals surface area contributed by atoms with E-state index in [-0.39, 0.29) is 6.03 Å². The third-order valence-electron chi connectivity index (χ3n) is 3.94. The van der Waals surface area contributed by atoms with E-state index in [1.807, 2.05) is 62.4 Å². The summed E-state index contributed by atoms with van der Waals surface area (Å²) in [4.78, 5) is 23.0. The third kappa shape index (κ3) is 3.51. The summed E-state index contributed by atoms with van der Waals surface area (Å²) in [5.74, 6) is 0. The zero-order valence-electron chi connectivity index (χ0n) is 14.1. The van der Waals surface area contributed by atoms with Crippen molar-refractivity contribution >= 4 is 22.8 Å². The van der Waals surface area contributed by atoms with Crippen molar-refractivity contribution < 1.29 is 4.79 Å². The van der Waals surface area contributed by atoms with Gasteiger partial charge in [-0.05, 0) is 37.6 Å². The second kappa shape index (κ2) is 6.66. The van der Waals surface area contributed by atoms with Crippen LogP contribution < -0.4 is 5.32 Å². The van der Waals surface area contributed by atoms with Crippen molar-refractivity contribution in [3.8, 4) is 0 Å². The molecule has 5 heteroatoms. The monoisotopic (exact) mass is 320 g/mol. The summed E-state index contributed by atoms with van der Waals surface area (Å²) in [7, 11) is 1.77. The van der Waals surface area contributed by atoms with E-state index in [1.165, 1.54) is 0 Å². The lowest BCUT2D eigenvalue weighted by molar-refractivity contribution is 0.220. The topological polar surface area (TPSA) is 58.1 Å². The average molecular weight is 320 g/mol. The van der Waals surface area contributed by atoms with Gasteiger partial charge in [0.2, 0.25) is 0 Å². The number of carbonyl (C=O) groups excluding carboxylic acids is 1. The predicted molar refractivity (Wildman–Crippen MR) is 95.9 cm³/mol. The second-order valence-electron chi connectivity index (χ2n) is 5.87. The standard InChI is InChI=1S/C19H20N4O/c1-13-14(2)21-18-11-16(9-10-17(18)20-13)22-19(24)23(3)12-15-7-5-4-6-8-15/h4-11H,12H2,1-3H3,(H,22,24). The summed E-state index contributed by atoms with van der Waals surface area (Å²) in [5.41, 5.74) is 5.22. The fourth-order valence-corrected chi connectivity index (χ4v) is 2.46. The molecule has 0 unspecified atom stereocenters. The van der Waals surface area contributed by atoms with Crippen LogP contribution in [0.4, 0.5) is 10.5 Å². The minimum Gasteiger partial charge on any atom is -0.323 e. The Balaban J connectivity index is 1.74. The van der Waals surface area contributed by atoms with Gasteiger partial charge in [0.15, 0.2) is 0 Å². The van der Waals surface area contributed by atoms with Crippen LogP contribution in [0.15, 0.2) is 48.5 Å². The van der Waals surface area contributed by atoms with Crippen LogP contribution in [0.25, 0.3) is 11.0 Å². The first kappa shape index (κ1) is 15.9. The Morgan fingerprint density at radius 3 is 2.38 bits per heavy atom. The molecular weight excluding hydrogens is 300 g/mol. The van der Waals surface area contributed by atoms with Crippen LogP contribution in [0.5, 0.6) is 0 Å². The van der Waals surface area contributed by atoms with Crippen molar-refractivity contribution in [2.24, 2.45) is 0 Å². The van der Waals surface area contributed by atoms with Crippen molar-refractivity contribution in [1.29, 1.82) is 0 Å². The zero-order chi connectivity index (χ0) is 17.1. The highest BCUT2D eigenvalue weighted by molar-refractivity contribution is 5.91. The molecule has 0 radical (unpaired) electrons. The van der Waals surface area contributed by atoms with Gasteiger partial charge in [0.1, 0.15) is 0 Å². The van der Waals surface area contributed by atoms with E-state index in [9.17, 15) is 4.79 Å². The lowest BCUT2D eigenvalue weighted by Gasteiger charge is -2.18. The van der Waals surface area contributed by atoms with Crippen LogP contribution in [0.1, 0.15) is 17.0 Å². The SMILES string of the molecule is Cc1nc2ccc(NC(=O)N(C)Cc3ccccc3)cc2nc1C. The largest absolute Gasteiger partial charge is 0.323 e. The number of fused-ring (bicyclic) bond motifs is 1. The Morgan fingerprint density at radius 2 is 1.67 bits per heavy atom. The molecule has 3 rings (SSSR count). The van der Waals surface area contributed by atoms with Crippen LogP contribution in [-0.4, -0.2) is 27.9 Å². The van der Waals surface area contributed by atoms with Crippen molar-refractivity contribution in [2.75, 3.05) is 12.4 Å². The number of rotatable bonds is 3. The van der Waals surface area contributed by atoms with E-state index in [1.54, 1.807) is 11.9 Å². The van der Waals surface area contributed by atoms with E-state index in [4.69, 9.17) is 0 Å². The summed E-state index contributed by atoms with van der Waals surface area (Å²) < 4.78 is 0. The Kier molecular flexibility index (Phi) is 4.42. The van der Waals surface area contributed by atoms with Crippen molar-refractivity contribution in [1.82, 2.24) is 14.9 Å². The van der Waals surface area contributed by atoms with Gasteiger partial charge in [-0.15, -0.1) is 0 Å². The molecule has 0 aliphatic heterocycles. The number of hydrogen-bond donors (Lipinski definition) is 1. The number of nitrogens with zero attached hydrogens (tertiary/aromatic N) is 3. The molecule has 0 fully saturated rings. The lowest BCUT2D eigenvalue weighted by Crippen LogP contribution is -2.30. The number of aryl methyl sites for hydroxylation is 2. The Morgan fingerprint density at radius 1 is 1.00 bits per heavy atom. The number of hydrogen-bond acceptors (Lipinski definition) is 3. The van der Waals surface area contributed by atoms with Crippen LogP contribution in [0.2, 0.25) is 0 Å². The number of benzene rings is 2. The van der Waals surface area contributed by atoms with Gasteiger partial charge in [-0.25, -0.2) is 14.8 Å². The van der Waals surface area contributed by atoms with Crippen molar-refractivity contribution in [3.63, 3.8) is 0 Å². The molecule has 0 spiro atoms. The van der Waals surface area contributed by atoms with Crippen LogP contribution >= 0.6 is 0 Å². The summed E-state index contributed by atoms with van der Waals surface area (Å²) in [6.45, 7) is 4.43. The molecule has 3 aromatic rings. The first-order valence-electron chi connectivity index (χ1n) is 7.84. The molecular formula is C19H20N4O. The van der Waals surface area contributed by atoms with Crippen molar-refractivity contribution in [3.05, 3.63) is 65.5 Å². The molecule has 24 heavy (non-hydrogen) atoms.